The molecule has 0 aliphatic carbocycles. The van der Waals surface area contributed by atoms with Gasteiger partial charge in [0.25, 0.3) is 5.91 Å². The van der Waals surface area contributed by atoms with Gasteiger partial charge in [-0.15, -0.1) is 0 Å². The molecule has 0 unspecified atom stereocenters. The Labute approximate surface area is 255 Å². The number of carbonyl (C=O) groups excluding carboxylic acids is 1. The summed E-state index contributed by atoms with van der Waals surface area (Å²) in [7, 11) is 0. The van der Waals surface area contributed by atoms with Crippen LogP contribution in [0.15, 0.2) is 113 Å². The van der Waals surface area contributed by atoms with Crippen LogP contribution in [0.25, 0.3) is 0 Å². The number of hydrogen-bond donors (Lipinski definition) is 2. The van der Waals surface area contributed by atoms with Crippen molar-refractivity contribution in [3.05, 3.63) is 135 Å². The maximum Gasteiger partial charge on any atom is 0.252 e. The number of aliphatic hydroxyl groups excluding tert-OH is 1. The number of aliphatic hydroxyl groups is 1. The molecule has 216 valence electrons. The van der Waals surface area contributed by atoms with E-state index in [2.05, 4.69) is 52.4 Å². The second kappa shape index (κ2) is 13.8. The van der Waals surface area contributed by atoms with E-state index in [0.29, 0.717) is 44.1 Å². The van der Waals surface area contributed by atoms with Crippen LogP contribution in [0.2, 0.25) is 0 Å². The van der Waals surface area contributed by atoms with Gasteiger partial charge >= 0.3 is 0 Å². The van der Waals surface area contributed by atoms with Crippen molar-refractivity contribution in [3.63, 3.8) is 0 Å². The van der Waals surface area contributed by atoms with Crippen LogP contribution in [-0.4, -0.2) is 42.2 Å². The van der Waals surface area contributed by atoms with Gasteiger partial charge in [-0.1, -0.05) is 88.2 Å². The highest BCUT2D eigenvalue weighted by Gasteiger charge is 2.53. The van der Waals surface area contributed by atoms with Crippen molar-refractivity contribution in [2.45, 2.75) is 37.8 Å². The van der Waals surface area contributed by atoms with Gasteiger partial charge in [0.15, 0.2) is 11.6 Å². The SMILES string of the molecule is Cc1ccc(CCNC(=O)[C@]2(Cc3ccc(Br)cc3)N=C(c3ccc(OCCCO)cc3)O[C@@H]2c2ccccc2)cc1. The van der Waals surface area contributed by atoms with E-state index >= 15 is 0 Å². The monoisotopic (exact) mass is 626 g/mol. The highest BCUT2D eigenvalue weighted by atomic mass is 79.9. The topological polar surface area (TPSA) is 80.2 Å². The number of amides is 1. The van der Waals surface area contributed by atoms with Crippen LogP contribution >= 0.6 is 15.9 Å². The molecule has 6 nitrogen and oxygen atoms in total. The summed E-state index contributed by atoms with van der Waals surface area (Å²) in [4.78, 5) is 19.4. The fourth-order valence-electron chi connectivity index (χ4n) is 5.05. The van der Waals surface area contributed by atoms with E-state index in [1.807, 2.05) is 78.9 Å². The third-order valence-corrected chi connectivity index (χ3v) is 7.87. The number of aliphatic imine (C=N–C) groups is 1. The van der Waals surface area contributed by atoms with E-state index in [9.17, 15) is 4.79 Å². The average Bonchev–Trinajstić information content (AvgIpc) is 3.40. The number of rotatable bonds is 12. The summed E-state index contributed by atoms with van der Waals surface area (Å²) in [5, 5.41) is 12.2. The molecule has 42 heavy (non-hydrogen) atoms. The number of aryl methyl sites for hydroxylation is 1. The molecule has 0 bridgehead atoms. The van der Waals surface area contributed by atoms with Crippen molar-refractivity contribution in [2.24, 2.45) is 4.99 Å². The molecule has 7 heteroatoms. The van der Waals surface area contributed by atoms with Gasteiger partial charge in [0.05, 0.1) is 6.61 Å². The van der Waals surface area contributed by atoms with Crippen molar-refractivity contribution in [2.75, 3.05) is 19.8 Å². The molecule has 0 aromatic heterocycles. The number of nitrogens with zero attached hydrogens (tertiary/aromatic N) is 1. The second-order valence-corrected chi connectivity index (χ2v) is 11.4. The third kappa shape index (κ3) is 7.09. The zero-order valence-corrected chi connectivity index (χ0v) is 25.2. The first-order valence-corrected chi connectivity index (χ1v) is 15.0. The van der Waals surface area contributed by atoms with Gasteiger partial charge in [0.2, 0.25) is 5.90 Å². The molecule has 0 radical (unpaired) electrons. The van der Waals surface area contributed by atoms with Gasteiger partial charge in [-0.05, 0) is 66.4 Å². The Morgan fingerprint density at radius 2 is 1.64 bits per heavy atom. The molecule has 1 aliphatic rings. The molecule has 2 N–H and O–H groups in total. The highest BCUT2D eigenvalue weighted by Crippen LogP contribution is 2.42. The van der Waals surface area contributed by atoms with E-state index in [-0.39, 0.29) is 12.5 Å². The molecule has 4 aromatic rings. The lowest BCUT2D eigenvalue weighted by atomic mass is 9.82. The second-order valence-electron chi connectivity index (χ2n) is 10.5. The minimum absolute atomic E-state index is 0.0805. The van der Waals surface area contributed by atoms with Crippen molar-refractivity contribution >= 4 is 27.7 Å². The van der Waals surface area contributed by atoms with Gasteiger partial charge in [-0.3, -0.25) is 4.79 Å². The average molecular weight is 628 g/mol. The van der Waals surface area contributed by atoms with Crippen molar-refractivity contribution in [1.82, 2.24) is 5.32 Å². The Kier molecular flexibility index (Phi) is 9.72. The molecule has 0 spiro atoms. The van der Waals surface area contributed by atoms with Gasteiger partial charge in [0, 0.05) is 36.0 Å². The molecule has 0 fully saturated rings. The van der Waals surface area contributed by atoms with Crippen LogP contribution in [-0.2, 0) is 22.4 Å². The maximum absolute atomic E-state index is 14.3. The van der Waals surface area contributed by atoms with E-state index < -0.39 is 11.6 Å². The zero-order valence-electron chi connectivity index (χ0n) is 23.6. The molecule has 0 saturated heterocycles. The summed E-state index contributed by atoms with van der Waals surface area (Å²) in [5.74, 6) is 0.933. The van der Waals surface area contributed by atoms with Gasteiger partial charge < -0.3 is 19.9 Å². The fourth-order valence-corrected chi connectivity index (χ4v) is 5.32. The van der Waals surface area contributed by atoms with E-state index in [1.54, 1.807) is 0 Å². The Morgan fingerprint density at radius 1 is 0.952 bits per heavy atom. The van der Waals surface area contributed by atoms with Crippen molar-refractivity contribution in [3.8, 4) is 5.75 Å². The summed E-state index contributed by atoms with van der Waals surface area (Å²) < 4.78 is 13.3. The molecule has 1 amide bonds. The quantitative estimate of drug-likeness (QED) is 0.179. The molecule has 5 rings (SSSR count). The molecular formula is C35H35BrN2O4. The number of halogens is 1. The lowest BCUT2D eigenvalue weighted by molar-refractivity contribution is -0.128. The largest absolute Gasteiger partial charge is 0.494 e. The van der Waals surface area contributed by atoms with Crippen molar-refractivity contribution < 1.29 is 19.4 Å². The molecule has 1 heterocycles. The van der Waals surface area contributed by atoms with Gasteiger partial charge in [0.1, 0.15) is 5.75 Å². The van der Waals surface area contributed by atoms with Crippen LogP contribution in [0.3, 0.4) is 0 Å². The predicted molar refractivity (Wildman–Crippen MR) is 169 cm³/mol. The zero-order chi connectivity index (χ0) is 29.4. The molecule has 2 atom stereocenters. The molecule has 4 aromatic carbocycles. The van der Waals surface area contributed by atoms with Crippen LogP contribution in [0.4, 0.5) is 0 Å². The van der Waals surface area contributed by atoms with Crippen LogP contribution in [0.1, 0.15) is 40.3 Å². The highest BCUT2D eigenvalue weighted by molar-refractivity contribution is 9.10. The molecule has 1 aliphatic heterocycles. The first kappa shape index (κ1) is 29.5. The summed E-state index contributed by atoms with van der Waals surface area (Å²) in [6.07, 6.45) is 1.01. The summed E-state index contributed by atoms with van der Waals surface area (Å²) in [6, 6.07) is 33.7. The number of benzene rings is 4. The lowest BCUT2D eigenvalue weighted by Crippen LogP contribution is -2.50. The van der Waals surface area contributed by atoms with E-state index in [1.165, 1.54) is 5.56 Å². The Morgan fingerprint density at radius 3 is 2.33 bits per heavy atom. The third-order valence-electron chi connectivity index (χ3n) is 7.34. The van der Waals surface area contributed by atoms with Crippen molar-refractivity contribution in [1.29, 1.82) is 0 Å². The standard InChI is InChI=1S/C35H35BrN2O4/c1-25-8-10-26(11-9-25)20-21-37-34(40)35(24-27-12-16-30(36)17-13-27)32(28-6-3-2-4-7-28)42-33(38-35)29-14-18-31(19-15-29)41-23-5-22-39/h2-4,6-19,32,39H,5,20-24H2,1H3,(H,37,40)/t32-,35-/m1/s1. The van der Waals surface area contributed by atoms with Crippen LogP contribution < -0.4 is 10.1 Å². The van der Waals surface area contributed by atoms with Gasteiger partial charge in [-0.25, -0.2) is 4.99 Å². The minimum Gasteiger partial charge on any atom is -0.494 e. The molecular weight excluding hydrogens is 592 g/mol. The van der Waals surface area contributed by atoms with Gasteiger partial charge in [-0.2, -0.15) is 0 Å². The first-order valence-electron chi connectivity index (χ1n) is 14.2. The van der Waals surface area contributed by atoms with Crippen LogP contribution in [0, 0.1) is 6.92 Å². The molecule has 0 saturated carbocycles. The Hall–Kier alpha value is -3.94. The number of nitrogens with one attached hydrogen (secondary N) is 1. The maximum atomic E-state index is 14.3. The van der Waals surface area contributed by atoms with Crippen LogP contribution in [0.5, 0.6) is 5.75 Å². The lowest BCUT2D eigenvalue weighted by Gasteiger charge is -2.31. The Balaban J connectivity index is 1.49. The normalized spacial score (nSPS) is 17.8. The number of hydrogen-bond acceptors (Lipinski definition) is 5. The number of carbonyl (C=O) groups is 1. The summed E-state index contributed by atoms with van der Waals surface area (Å²) in [6.45, 7) is 3.06. The Bertz CT molecular complexity index is 1490. The summed E-state index contributed by atoms with van der Waals surface area (Å²) in [5.41, 5.74) is 3.76. The fraction of sp³-hybridized carbons (Fsp3) is 0.257. The minimum atomic E-state index is -1.23. The van der Waals surface area contributed by atoms with E-state index in [0.717, 1.165) is 26.7 Å². The smallest absolute Gasteiger partial charge is 0.252 e. The predicted octanol–water partition coefficient (Wildman–Crippen LogP) is 6.38. The summed E-state index contributed by atoms with van der Waals surface area (Å²) >= 11 is 3.52. The first-order chi connectivity index (χ1) is 20.5. The number of ether oxygens (including phenoxy) is 2. The van der Waals surface area contributed by atoms with E-state index in [4.69, 9.17) is 19.6 Å².